The topological polar surface area (TPSA) is 43.8 Å². The molecule has 0 spiro atoms. The largest absolute Gasteiger partial charge is 0.385 e. The van der Waals surface area contributed by atoms with E-state index in [2.05, 4.69) is 72.6 Å². The molecule has 36 heavy (non-hydrogen) atoms. The number of aliphatic hydroxyl groups is 1. The standard InChI is InChI=1S/C31H37ClN2O2/c1-2-18-30(26-10-5-3-6-11-26,27-12-7-4-8-13-27)19-9-22-34(25-35)33-23-20-31(36,21-24-33)28-14-16-29(32)17-15-28/h3-8,10-17,25,36H,2,9,18-24H2,1H3. The van der Waals surface area contributed by atoms with Gasteiger partial charge in [0.05, 0.1) is 5.60 Å². The highest BCUT2D eigenvalue weighted by atomic mass is 35.5. The Morgan fingerprint density at radius 2 is 1.47 bits per heavy atom. The zero-order valence-electron chi connectivity index (χ0n) is 21.2. The van der Waals surface area contributed by atoms with Gasteiger partial charge in [0.1, 0.15) is 0 Å². The van der Waals surface area contributed by atoms with E-state index in [1.54, 1.807) is 0 Å². The molecule has 1 saturated heterocycles. The third-order valence-electron chi connectivity index (χ3n) is 7.75. The summed E-state index contributed by atoms with van der Waals surface area (Å²) < 4.78 is 0. The van der Waals surface area contributed by atoms with Crippen molar-refractivity contribution in [2.24, 2.45) is 0 Å². The molecule has 0 unspecified atom stereocenters. The van der Waals surface area contributed by atoms with Crippen LogP contribution in [0.25, 0.3) is 0 Å². The van der Waals surface area contributed by atoms with Crippen LogP contribution in [0.15, 0.2) is 84.9 Å². The number of rotatable bonds is 11. The molecule has 0 saturated carbocycles. The molecule has 1 amide bonds. The second-order valence-corrected chi connectivity index (χ2v) is 10.4. The Bertz CT molecular complexity index is 1040. The molecule has 4 nitrogen and oxygen atoms in total. The fourth-order valence-electron chi connectivity index (χ4n) is 5.78. The number of halogens is 1. The predicted molar refractivity (Wildman–Crippen MR) is 147 cm³/mol. The van der Waals surface area contributed by atoms with Crippen LogP contribution in [0.2, 0.25) is 5.02 Å². The minimum Gasteiger partial charge on any atom is -0.385 e. The quantitative estimate of drug-likeness (QED) is 0.300. The fourth-order valence-corrected chi connectivity index (χ4v) is 5.91. The van der Waals surface area contributed by atoms with Crippen LogP contribution in [-0.2, 0) is 15.8 Å². The van der Waals surface area contributed by atoms with Crippen molar-refractivity contribution in [2.45, 2.75) is 56.5 Å². The van der Waals surface area contributed by atoms with E-state index in [0.29, 0.717) is 37.5 Å². The first-order chi connectivity index (χ1) is 17.5. The number of carbonyl (C=O) groups excluding carboxylic acids is 1. The van der Waals surface area contributed by atoms with Gasteiger partial charge in [-0.15, -0.1) is 0 Å². The maximum atomic E-state index is 12.1. The van der Waals surface area contributed by atoms with Crippen LogP contribution < -0.4 is 0 Å². The molecule has 1 aliphatic rings. The average molecular weight is 505 g/mol. The Hall–Kier alpha value is -2.66. The molecule has 5 heteroatoms. The van der Waals surface area contributed by atoms with Crippen LogP contribution in [-0.4, -0.2) is 41.2 Å². The molecule has 0 aromatic heterocycles. The molecule has 0 bridgehead atoms. The van der Waals surface area contributed by atoms with Gasteiger partial charge in [0, 0.05) is 30.1 Å². The number of amides is 1. The third kappa shape index (κ3) is 5.83. The number of nitrogens with zero attached hydrogens (tertiary/aromatic N) is 2. The predicted octanol–water partition coefficient (Wildman–Crippen LogP) is 6.56. The first-order valence-electron chi connectivity index (χ1n) is 13.1. The summed E-state index contributed by atoms with van der Waals surface area (Å²) in [5.41, 5.74) is 2.59. The molecule has 1 heterocycles. The molecular weight excluding hydrogens is 468 g/mol. The van der Waals surface area contributed by atoms with Gasteiger partial charge in [0.25, 0.3) is 0 Å². The maximum Gasteiger partial charge on any atom is 0.224 e. The molecule has 1 fully saturated rings. The van der Waals surface area contributed by atoms with Gasteiger partial charge < -0.3 is 5.11 Å². The molecule has 3 aromatic rings. The molecular formula is C31H37ClN2O2. The summed E-state index contributed by atoms with van der Waals surface area (Å²) in [4.78, 5) is 12.1. The molecule has 190 valence electrons. The van der Waals surface area contributed by atoms with Crippen LogP contribution in [0.4, 0.5) is 0 Å². The Balaban J connectivity index is 1.44. The van der Waals surface area contributed by atoms with E-state index in [1.165, 1.54) is 11.1 Å². The maximum absolute atomic E-state index is 12.1. The van der Waals surface area contributed by atoms with Crippen molar-refractivity contribution in [3.05, 3.63) is 107 Å². The van der Waals surface area contributed by atoms with Gasteiger partial charge in [-0.3, -0.25) is 9.80 Å². The number of carbonyl (C=O) groups is 1. The Morgan fingerprint density at radius 3 is 1.97 bits per heavy atom. The minimum absolute atomic E-state index is 0.0808. The number of piperidine rings is 1. The van der Waals surface area contributed by atoms with Gasteiger partial charge in [-0.1, -0.05) is 97.7 Å². The van der Waals surface area contributed by atoms with Crippen LogP contribution in [0, 0.1) is 0 Å². The van der Waals surface area contributed by atoms with Crippen molar-refractivity contribution in [3.63, 3.8) is 0 Å². The lowest BCUT2D eigenvalue weighted by Crippen LogP contribution is -2.50. The van der Waals surface area contributed by atoms with Crippen LogP contribution >= 0.6 is 11.6 Å². The fraction of sp³-hybridized carbons (Fsp3) is 0.387. The van der Waals surface area contributed by atoms with E-state index in [-0.39, 0.29) is 5.41 Å². The van der Waals surface area contributed by atoms with Gasteiger partial charge >= 0.3 is 0 Å². The summed E-state index contributed by atoms with van der Waals surface area (Å²) in [6, 6.07) is 29.0. The van der Waals surface area contributed by atoms with Crippen LogP contribution in [0.3, 0.4) is 0 Å². The van der Waals surface area contributed by atoms with Crippen molar-refractivity contribution < 1.29 is 9.90 Å². The normalized spacial score (nSPS) is 16.0. The monoisotopic (exact) mass is 504 g/mol. The first kappa shape index (κ1) is 26.4. The molecule has 0 atom stereocenters. The van der Waals surface area contributed by atoms with Crippen LogP contribution in [0.5, 0.6) is 0 Å². The molecule has 1 aliphatic heterocycles. The summed E-state index contributed by atoms with van der Waals surface area (Å²) in [7, 11) is 0. The second kappa shape index (κ2) is 12.1. The Kier molecular flexibility index (Phi) is 8.84. The van der Waals surface area contributed by atoms with Crippen molar-refractivity contribution in [2.75, 3.05) is 19.6 Å². The summed E-state index contributed by atoms with van der Waals surface area (Å²) in [6.07, 6.45) is 6.08. The average Bonchev–Trinajstić information content (AvgIpc) is 2.92. The van der Waals surface area contributed by atoms with Gasteiger partial charge in [-0.25, -0.2) is 5.01 Å². The highest BCUT2D eigenvalue weighted by molar-refractivity contribution is 6.30. The lowest BCUT2D eigenvalue weighted by molar-refractivity contribution is -0.145. The van der Waals surface area contributed by atoms with E-state index in [1.807, 2.05) is 29.3 Å². The Morgan fingerprint density at radius 1 is 0.917 bits per heavy atom. The van der Waals surface area contributed by atoms with E-state index < -0.39 is 5.60 Å². The van der Waals surface area contributed by atoms with Gasteiger partial charge in [-0.2, -0.15) is 0 Å². The van der Waals surface area contributed by atoms with E-state index in [0.717, 1.165) is 37.7 Å². The number of hydrazine groups is 1. The molecule has 4 rings (SSSR count). The zero-order valence-corrected chi connectivity index (χ0v) is 21.9. The van der Waals surface area contributed by atoms with Crippen molar-refractivity contribution in [1.29, 1.82) is 0 Å². The van der Waals surface area contributed by atoms with Gasteiger partial charge in [-0.05, 0) is 60.9 Å². The van der Waals surface area contributed by atoms with Crippen LogP contribution in [0.1, 0.15) is 62.1 Å². The van der Waals surface area contributed by atoms with Crippen molar-refractivity contribution in [3.8, 4) is 0 Å². The van der Waals surface area contributed by atoms with E-state index in [4.69, 9.17) is 11.6 Å². The first-order valence-corrected chi connectivity index (χ1v) is 13.4. The molecule has 3 aromatic carbocycles. The van der Waals surface area contributed by atoms with Gasteiger partial charge in [0.15, 0.2) is 0 Å². The lowest BCUT2D eigenvalue weighted by Gasteiger charge is -2.42. The minimum atomic E-state index is -0.882. The summed E-state index contributed by atoms with van der Waals surface area (Å²) in [5, 5.41) is 15.8. The van der Waals surface area contributed by atoms with Crippen molar-refractivity contribution >= 4 is 18.0 Å². The lowest BCUT2D eigenvalue weighted by atomic mass is 9.68. The van der Waals surface area contributed by atoms with Gasteiger partial charge in [0.2, 0.25) is 6.41 Å². The summed E-state index contributed by atoms with van der Waals surface area (Å²) in [6.45, 7) is 4.17. The Labute approximate surface area is 220 Å². The number of benzene rings is 3. The number of hydrogen-bond donors (Lipinski definition) is 1. The smallest absolute Gasteiger partial charge is 0.224 e. The summed E-state index contributed by atoms with van der Waals surface area (Å²) >= 11 is 6.02. The van der Waals surface area contributed by atoms with Crippen molar-refractivity contribution in [1.82, 2.24) is 10.0 Å². The summed E-state index contributed by atoms with van der Waals surface area (Å²) in [5.74, 6) is 0. The molecule has 0 aliphatic carbocycles. The molecule has 0 radical (unpaired) electrons. The zero-order chi connectivity index (χ0) is 25.4. The number of hydrogen-bond acceptors (Lipinski definition) is 3. The van der Waals surface area contributed by atoms with E-state index >= 15 is 0 Å². The third-order valence-corrected chi connectivity index (χ3v) is 8.01. The second-order valence-electron chi connectivity index (χ2n) is 9.93. The highest BCUT2D eigenvalue weighted by Crippen LogP contribution is 2.41. The SMILES string of the molecule is CCCC(CCCN(C=O)N1CCC(O)(c2ccc(Cl)cc2)CC1)(c1ccccc1)c1ccccc1. The highest BCUT2D eigenvalue weighted by Gasteiger charge is 2.36. The van der Waals surface area contributed by atoms with E-state index in [9.17, 15) is 9.90 Å². The molecule has 1 N–H and O–H groups in total.